The van der Waals surface area contributed by atoms with Crippen molar-refractivity contribution in [2.45, 2.75) is 50.7 Å². The molecule has 5 atom stereocenters. The zero-order valence-electron chi connectivity index (χ0n) is 22.0. The summed E-state index contributed by atoms with van der Waals surface area (Å²) in [5.41, 5.74) is 2.53. The van der Waals surface area contributed by atoms with Gasteiger partial charge >= 0.3 is 6.55 Å². The van der Waals surface area contributed by atoms with Crippen molar-refractivity contribution in [3.63, 3.8) is 0 Å². The number of alkyl halides is 2. The lowest BCUT2D eigenvalue weighted by molar-refractivity contribution is -0.123. The maximum Gasteiger partial charge on any atom is 0.333 e. The van der Waals surface area contributed by atoms with Crippen LogP contribution in [0.4, 0.5) is 13.2 Å². The molecular weight excluding hydrogens is 573 g/mol. The van der Waals surface area contributed by atoms with Crippen molar-refractivity contribution in [2.24, 2.45) is 22.7 Å². The highest BCUT2D eigenvalue weighted by Crippen LogP contribution is 2.47. The van der Waals surface area contributed by atoms with E-state index in [1.54, 1.807) is 18.3 Å². The van der Waals surface area contributed by atoms with Crippen molar-refractivity contribution < 1.29 is 18.0 Å². The van der Waals surface area contributed by atoms with Gasteiger partial charge in [-0.1, -0.05) is 17.7 Å². The minimum atomic E-state index is -2.79. The van der Waals surface area contributed by atoms with Crippen LogP contribution in [0.5, 0.6) is 0 Å². The minimum Gasteiger partial charge on any atom is -0.326 e. The van der Waals surface area contributed by atoms with E-state index in [1.165, 1.54) is 29.7 Å². The number of ketones is 1. The van der Waals surface area contributed by atoms with E-state index in [1.807, 2.05) is 5.38 Å². The average Bonchev–Trinajstić information content (AvgIpc) is 3.74. The van der Waals surface area contributed by atoms with Crippen molar-refractivity contribution in [3.05, 3.63) is 74.8 Å². The van der Waals surface area contributed by atoms with Crippen LogP contribution >= 0.6 is 22.9 Å². The summed E-state index contributed by atoms with van der Waals surface area (Å²) in [4.78, 5) is 23.8. The van der Waals surface area contributed by atoms with E-state index < -0.39 is 18.4 Å². The summed E-state index contributed by atoms with van der Waals surface area (Å²) >= 11 is 8.02. The normalized spacial score (nSPS) is 27.6. The predicted molar refractivity (Wildman–Crippen MR) is 150 cm³/mol. The number of rotatable bonds is 7. The number of nitrogens with zero attached hydrogens (tertiary/aromatic N) is 5. The molecular formula is C29H28ClF3N6OS. The Morgan fingerprint density at radius 1 is 1.15 bits per heavy atom. The van der Waals surface area contributed by atoms with Crippen molar-refractivity contribution in [1.82, 2.24) is 25.0 Å². The largest absolute Gasteiger partial charge is 0.333 e. The van der Waals surface area contributed by atoms with E-state index in [0.717, 1.165) is 30.1 Å². The van der Waals surface area contributed by atoms with Gasteiger partial charge in [0.05, 0.1) is 5.69 Å². The second-order valence-corrected chi connectivity index (χ2v) is 12.6. The molecule has 2 bridgehead atoms. The lowest BCUT2D eigenvalue weighted by Crippen LogP contribution is -2.41. The molecule has 2 saturated carbocycles. The molecule has 0 radical (unpaired) electrons. The molecule has 2 aliphatic carbocycles. The van der Waals surface area contributed by atoms with Crippen LogP contribution in [0.3, 0.4) is 0 Å². The molecule has 7 nitrogen and oxygen atoms in total. The van der Waals surface area contributed by atoms with Gasteiger partial charge < -0.3 is 10.2 Å². The molecule has 7 rings (SSSR count). The molecule has 3 aromatic rings. The summed E-state index contributed by atoms with van der Waals surface area (Å²) in [7, 11) is 0. The quantitative estimate of drug-likeness (QED) is 0.354. The van der Waals surface area contributed by atoms with Crippen molar-refractivity contribution in [2.75, 3.05) is 13.1 Å². The number of benzene rings is 1. The molecule has 4 heterocycles. The van der Waals surface area contributed by atoms with Crippen LogP contribution in [0, 0.1) is 23.6 Å². The molecule has 0 amide bonds. The monoisotopic (exact) mass is 600 g/mol. The fourth-order valence-electron chi connectivity index (χ4n) is 7.14. The van der Waals surface area contributed by atoms with E-state index in [2.05, 4.69) is 20.3 Å². The highest BCUT2D eigenvalue weighted by molar-refractivity contribution is 7.11. The van der Waals surface area contributed by atoms with Crippen LogP contribution in [0.1, 0.15) is 61.0 Å². The maximum absolute atomic E-state index is 14.0. The number of thiazole rings is 1. The summed E-state index contributed by atoms with van der Waals surface area (Å²) in [5.74, 6) is 1.97. The minimum absolute atomic E-state index is 0.0711. The summed E-state index contributed by atoms with van der Waals surface area (Å²) < 4.78 is 41.8. The van der Waals surface area contributed by atoms with Gasteiger partial charge in [-0.15, -0.1) is 11.3 Å². The SMILES string of the molecule is O=C1CC2CC[C@@H](C1)[C@H]2CN[C@H]1CC2=C(c3ccn(C(F)F)n3)[C@H](c3ccc(F)cc3Cl)N=C(c3nccs3)N2C1. The van der Waals surface area contributed by atoms with Gasteiger partial charge in [-0.25, -0.2) is 14.1 Å². The Kier molecular flexibility index (Phi) is 6.99. The number of fused-ring (bicyclic) bond motifs is 3. The first-order chi connectivity index (χ1) is 19.9. The van der Waals surface area contributed by atoms with E-state index in [0.29, 0.717) is 76.7 Å². The summed E-state index contributed by atoms with van der Waals surface area (Å²) in [5, 5.41) is 10.8. The fourth-order valence-corrected chi connectivity index (χ4v) is 8.05. The lowest BCUT2D eigenvalue weighted by Gasteiger charge is -2.32. The lowest BCUT2D eigenvalue weighted by atomic mass is 9.78. The first-order valence-corrected chi connectivity index (χ1v) is 15.1. The number of amidine groups is 1. The Morgan fingerprint density at radius 2 is 1.95 bits per heavy atom. The number of halogens is 4. The van der Waals surface area contributed by atoms with Crippen LogP contribution in [0.2, 0.25) is 5.02 Å². The van der Waals surface area contributed by atoms with Gasteiger partial charge in [-0.3, -0.25) is 9.79 Å². The molecule has 1 N–H and O–H groups in total. The van der Waals surface area contributed by atoms with Gasteiger partial charge in [0, 0.05) is 71.5 Å². The van der Waals surface area contributed by atoms with Crippen molar-refractivity contribution >= 4 is 40.1 Å². The fraction of sp³-hybridized carbons (Fsp3) is 0.448. The Bertz CT molecular complexity index is 1520. The first kappa shape index (κ1) is 26.9. The third-order valence-corrected chi connectivity index (χ3v) is 10.1. The number of aliphatic imine (C=N–C) groups is 1. The predicted octanol–water partition coefficient (Wildman–Crippen LogP) is 6.11. The zero-order valence-corrected chi connectivity index (χ0v) is 23.6. The smallest absolute Gasteiger partial charge is 0.326 e. The number of hydrogen-bond acceptors (Lipinski definition) is 7. The third kappa shape index (κ3) is 4.91. The molecule has 1 saturated heterocycles. The Morgan fingerprint density at radius 3 is 2.63 bits per heavy atom. The average molecular weight is 601 g/mol. The van der Waals surface area contributed by atoms with Crippen LogP contribution in [-0.2, 0) is 4.79 Å². The molecule has 214 valence electrons. The molecule has 4 aliphatic rings. The third-order valence-electron chi connectivity index (χ3n) is 8.97. The van der Waals surface area contributed by atoms with Crippen LogP contribution in [0.15, 0.2) is 52.7 Å². The van der Waals surface area contributed by atoms with Crippen LogP contribution < -0.4 is 5.32 Å². The van der Waals surface area contributed by atoms with Gasteiger partial charge in [0.2, 0.25) is 0 Å². The molecule has 0 spiro atoms. The standard InChI is InChI=1S/C29H28ClF3N6OS/c30-22-11-17(31)3-4-20(22)26-25(23-5-7-39(37-23)29(32)33)24-12-18(14-38(24)27(36-26)28-34-6-8-41-28)35-13-21-15-1-2-16(21)10-19(40)9-15/h3-8,11,15-16,18,21,26,29,35H,1-2,9-10,12-14H2/t15-,16?,18-,21+,26-/m0/s1. The molecule has 3 fully saturated rings. The number of hydrogen-bond donors (Lipinski definition) is 1. The van der Waals surface area contributed by atoms with E-state index in [9.17, 15) is 18.0 Å². The van der Waals surface area contributed by atoms with E-state index in [-0.39, 0.29) is 11.1 Å². The second-order valence-electron chi connectivity index (χ2n) is 11.3. The van der Waals surface area contributed by atoms with Gasteiger partial charge in [0.25, 0.3) is 0 Å². The molecule has 41 heavy (non-hydrogen) atoms. The van der Waals surface area contributed by atoms with Crippen LogP contribution in [-0.4, -0.2) is 50.4 Å². The molecule has 2 aromatic heterocycles. The van der Waals surface area contributed by atoms with Crippen molar-refractivity contribution in [1.29, 1.82) is 0 Å². The number of nitrogens with one attached hydrogen (secondary N) is 1. The summed E-state index contributed by atoms with van der Waals surface area (Å²) in [6.45, 7) is -1.33. The van der Waals surface area contributed by atoms with E-state index in [4.69, 9.17) is 16.6 Å². The molecule has 1 aromatic carbocycles. The zero-order chi connectivity index (χ0) is 28.2. The van der Waals surface area contributed by atoms with Gasteiger partial charge in [-0.05, 0) is 55.3 Å². The first-order valence-electron chi connectivity index (χ1n) is 13.9. The van der Waals surface area contributed by atoms with Crippen LogP contribution in [0.25, 0.3) is 5.57 Å². The maximum atomic E-state index is 14.0. The van der Waals surface area contributed by atoms with Gasteiger partial charge in [-0.2, -0.15) is 13.9 Å². The number of aromatic nitrogens is 3. The van der Waals surface area contributed by atoms with E-state index >= 15 is 0 Å². The molecule has 12 heteroatoms. The van der Waals surface area contributed by atoms with Gasteiger partial charge in [0.15, 0.2) is 10.8 Å². The Hall–Kier alpha value is -3.02. The highest BCUT2D eigenvalue weighted by atomic mass is 35.5. The highest BCUT2D eigenvalue weighted by Gasteiger charge is 2.44. The summed E-state index contributed by atoms with van der Waals surface area (Å²) in [6.07, 6.45) is 7.19. The Labute approximate surface area is 244 Å². The topological polar surface area (TPSA) is 75.4 Å². The number of carbonyl (C=O) groups is 1. The van der Waals surface area contributed by atoms with Gasteiger partial charge in [0.1, 0.15) is 17.6 Å². The Balaban J connectivity index is 1.28. The second kappa shape index (κ2) is 10.7. The number of Topliss-reactive ketones (excluding diaryl/α,β-unsaturated/α-hetero) is 1. The summed E-state index contributed by atoms with van der Waals surface area (Å²) in [6, 6.07) is 5.11. The van der Waals surface area contributed by atoms with Crippen molar-refractivity contribution in [3.8, 4) is 0 Å². The number of carbonyl (C=O) groups excluding carboxylic acids is 1. The molecule has 1 unspecified atom stereocenters. The molecule has 2 aliphatic heterocycles.